The second-order valence-corrected chi connectivity index (χ2v) is 7.79. The number of halogens is 1. The van der Waals surface area contributed by atoms with Crippen molar-refractivity contribution in [2.24, 2.45) is 7.05 Å². The predicted molar refractivity (Wildman–Crippen MR) is 116 cm³/mol. The summed E-state index contributed by atoms with van der Waals surface area (Å²) in [6.07, 6.45) is 0. The van der Waals surface area contributed by atoms with E-state index < -0.39 is 5.82 Å². The van der Waals surface area contributed by atoms with Gasteiger partial charge in [-0.1, -0.05) is 0 Å². The molecule has 0 saturated carbocycles. The van der Waals surface area contributed by atoms with Gasteiger partial charge in [-0.15, -0.1) is 16.4 Å². The minimum atomic E-state index is -0.398. The van der Waals surface area contributed by atoms with Gasteiger partial charge in [-0.25, -0.2) is 19.0 Å². The third-order valence-electron chi connectivity index (χ3n) is 4.61. The maximum Gasteiger partial charge on any atom is 0.264 e. The summed E-state index contributed by atoms with van der Waals surface area (Å²) in [5.74, 6) is 0.0603. The Morgan fingerprint density at radius 3 is 2.84 bits per heavy atom. The first-order valence-electron chi connectivity index (χ1n) is 9.38. The minimum Gasteiger partial charge on any atom is -0.496 e. The maximum absolute atomic E-state index is 13.6. The molecule has 0 aliphatic carbocycles. The molecule has 0 atom stereocenters. The first-order chi connectivity index (χ1) is 14.9. The summed E-state index contributed by atoms with van der Waals surface area (Å²) >= 11 is 1.22. The lowest BCUT2D eigenvalue weighted by atomic mass is 10.1. The summed E-state index contributed by atoms with van der Waals surface area (Å²) in [4.78, 5) is 21.2. The van der Waals surface area contributed by atoms with Crippen molar-refractivity contribution in [2.75, 3.05) is 19.0 Å². The molecule has 4 rings (SSSR count). The number of methoxy groups -OCH3 is 1. The molecule has 0 aliphatic rings. The molecule has 0 radical (unpaired) electrons. The van der Waals surface area contributed by atoms with Crippen LogP contribution in [0.25, 0.3) is 22.3 Å². The summed E-state index contributed by atoms with van der Waals surface area (Å²) in [5, 5.41) is 9.89. The molecule has 0 bridgehead atoms. The van der Waals surface area contributed by atoms with Crippen molar-refractivity contribution in [3.63, 3.8) is 0 Å². The van der Waals surface area contributed by atoms with Crippen LogP contribution in [0.15, 0.2) is 29.6 Å². The van der Waals surface area contributed by atoms with Crippen LogP contribution in [0.1, 0.15) is 11.3 Å². The summed E-state index contributed by atoms with van der Waals surface area (Å²) in [6.45, 7) is 3.62. The van der Waals surface area contributed by atoms with Crippen molar-refractivity contribution in [1.29, 1.82) is 0 Å². The van der Waals surface area contributed by atoms with Crippen LogP contribution in [-0.4, -0.2) is 39.4 Å². The molecule has 1 aromatic carbocycles. The Morgan fingerprint density at radius 1 is 1.26 bits per heavy atom. The minimum absolute atomic E-state index is 0.238. The van der Waals surface area contributed by atoms with Gasteiger partial charge in [0.1, 0.15) is 11.6 Å². The standard InChI is InChI=1S/C21H20FN5O3S/c1-11-7-12(2)23-19-18(11)20(26-27(19)3)30-9-17(28)25-21-24-15(10-31-21)14-8-13(22)5-6-16(14)29-4/h5-8,10H,9H2,1-4H3,(H,24,25,28). The molecule has 3 heterocycles. The summed E-state index contributed by atoms with van der Waals surface area (Å²) in [5.41, 5.74) is 3.56. The highest BCUT2D eigenvalue weighted by molar-refractivity contribution is 7.14. The molecule has 160 valence electrons. The summed E-state index contributed by atoms with van der Waals surface area (Å²) in [6, 6.07) is 6.13. The molecule has 31 heavy (non-hydrogen) atoms. The molecule has 0 aliphatic heterocycles. The lowest BCUT2D eigenvalue weighted by Gasteiger charge is -2.06. The highest BCUT2D eigenvalue weighted by Gasteiger charge is 2.17. The Morgan fingerprint density at radius 2 is 2.06 bits per heavy atom. The number of anilines is 1. The molecule has 0 unspecified atom stereocenters. The largest absolute Gasteiger partial charge is 0.496 e. The molecular weight excluding hydrogens is 421 g/mol. The van der Waals surface area contributed by atoms with Crippen LogP contribution in [0.4, 0.5) is 9.52 Å². The third-order valence-corrected chi connectivity index (χ3v) is 5.37. The van der Waals surface area contributed by atoms with Crippen LogP contribution in [0.3, 0.4) is 0 Å². The van der Waals surface area contributed by atoms with Gasteiger partial charge in [0.25, 0.3) is 5.91 Å². The SMILES string of the molecule is COc1ccc(F)cc1-c1csc(NC(=O)COc2nn(C)c3nc(C)cc(C)c23)n1. The molecule has 8 nitrogen and oxygen atoms in total. The first kappa shape index (κ1) is 20.7. The number of hydrogen-bond donors (Lipinski definition) is 1. The van der Waals surface area contributed by atoms with E-state index in [4.69, 9.17) is 9.47 Å². The molecule has 4 aromatic rings. The molecule has 3 aromatic heterocycles. The number of benzene rings is 1. The highest BCUT2D eigenvalue weighted by Crippen LogP contribution is 2.33. The van der Waals surface area contributed by atoms with Crippen LogP contribution >= 0.6 is 11.3 Å². The number of hydrogen-bond acceptors (Lipinski definition) is 7. The Balaban J connectivity index is 1.46. The average molecular weight is 441 g/mol. The molecule has 0 saturated heterocycles. The van der Waals surface area contributed by atoms with Crippen LogP contribution in [0.2, 0.25) is 0 Å². The molecule has 10 heteroatoms. The second-order valence-electron chi connectivity index (χ2n) is 6.93. The van der Waals surface area contributed by atoms with E-state index in [9.17, 15) is 9.18 Å². The summed E-state index contributed by atoms with van der Waals surface area (Å²) in [7, 11) is 3.28. The zero-order chi connectivity index (χ0) is 22.1. The number of pyridine rings is 1. The zero-order valence-electron chi connectivity index (χ0n) is 17.4. The Labute approximate surface area is 181 Å². The number of aryl methyl sites for hydroxylation is 3. The van der Waals surface area contributed by atoms with E-state index in [1.165, 1.54) is 36.6 Å². The predicted octanol–water partition coefficient (Wildman–Crippen LogP) is 3.87. The molecule has 0 fully saturated rings. The van der Waals surface area contributed by atoms with Gasteiger partial charge in [-0.2, -0.15) is 0 Å². The monoisotopic (exact) mass is 441 g/mol. The Hall–Kier alpha value is -3.53. The van der Waals surface area contributed by atoms with Gasteiger partial charge >= 0.3 is 0 Å². The number of aromatic nitrogens is 4. The number of nitrogens with zero attached hydrogens (tertiary/aromatic N) is 4. The van der Waals surface area contributed by atoms with E-state index in [0.717, 1.165) is 16.6 Å². The Kier molecular flexibility index (Phi) is 5.55. The normalized spacial score (nSPS) is 11.0. The number of carbonyl (C=O) groups is 1. The van der Waals surface area contributed by atoms with E-state index in [2.05, 4.69) is 20.4 Å². The number of thiazole rings is 1. The van der Waals surface area contributed by atoms with Crippen molar-refractivity contribution in [1.82, 2.24) is 19.7 Å². The quantitative estimate of drug-likeness (QED) is 0.488. The zero-order valence-corrected chi connectivity index (χ0v) is 18.2. The third kappa shape index (κ3) is 4.19. The van der Waals surface area contributed by atoms with E-state index in [0.29, 0.717) is 33.7 Å². The van der Waals surface area contributed by atoms with Gasteiger partial charge in [0.2, 0.25) is 5.88 Å². The average Bonchev–Trinajstić information content (AvgIpc) is 3.31. The number of fused-ring (bicyclic) bond motifs is 1. The van der Waals surface area contributed by atoms with Gasteiger partial charge in [0.05, 0.1) is 18.2 Å². The van der Waals surface area contributed by atoms with Gasteiger partial charge in [-0.3, -0.25) is 10.1 Å². The van der Waals surface area contributed by atoms with Gasteiger partial charge in [0.15, 0.2) is 17.4 Å². The van der Waals surface area contributed by atoms with Crippen LogP contribution < -0.4 is 14.8 Å². The van der Waals surface area contributed by atoms with Gasteiger partial charge in [0, 0.05) is 23.7 Å². The Bertz CT molecular complexity index is 1280. The van der Waals surface area contributed by atoms with Crippen LogP contribution in [-0.2, 0) is 11.8 Å². The lowest BCUT2D eigenvalue weighted by Crippen LogP contribution is -2.20. The molecule has 1 amide bonds. The van der Waals surface area contributed by atoms with Gasteiger partial charge < -0.3 is 9.47 Å². The summed E-state index contributed by atoms with van der Waals surface area (Å²) < 4.78 is 26.2. The number of rotatable bonds is 6. The topological polar surface area (TPSA) is 91.2 Å². The van der Waals surface area contributed by atoms with Gasteiger partial charge in [-0.05, 0) is 43.7 Å². The number of ether oxygens (including phenoxy) is 2. The van der Waals surface area contributed by atoms with E-state index in [1.807, 2.05) is 19.9 Å². The van der Waals surface area contributed by atoms with E-state index >= 15 is 0 Å². The molecule has 1 N–H and O–H groups in total. The molecular formula is C21H20FN5O3S. The van der Waals surface area contributed by atoms with Crippen molar-refractivity contribution >= 4 is 33.4 Å². The van der Waals surface area contributed by atoms with E-state index in [-0.39, 0.29) is 12.5 Å². The van der Waals surface area contributed by atoms with Crippen molar-refractivity contribution in [3.8, 4) is 22.9 Å². The first-order valence-corrected chi connectivity index (χ1v) is 10.3. The van der Waals surface area contributed by atoms with E-state index in [1.54, 1.807) is 17.1 Å². The van der Waals surface area contributed by atoms with Crippen LogP contribution in [0.5, 0.6) is 11.6 Å². The van der Waals surface area contributed by atoms with Crippen LogP contribution in [0, 0.1) is 19.7 Å². The van der Waals surface area contributed by atoms with Crippen molar-refractivity contribution < 1.29 is 18.7 Å². The fraction of sp³-hybridized carbons (Fsp3) is 0.238. The second kappa shape index (κ2) is 8.31. The number of carbonyl (C=O) groups excluding carboxylic acids is 1. The van der Waals surface area contributed by atoms with Crippen molar-refractivity contribution in [3.05, 3.63) is 46.7 Å². The fourth-order valence-electron chi connectivity index (χ4n) is 3.27. The smallest absolute Gasteiger partial charge is 0.264 e. The maximum atomic E-state index is 13.6. The number of amides is 1. The van der Waals surface area contributed by atoms with Crippen molar-refractivity contribution in [2.45, 2.75) is 13.8 Å². The number of nitrogens with one attached hydrogen (secondary N) is 1. The lowest BCUT2D eigenvalue weighted by molar-refractivity contribution is -0.118. The highest BCUT2D eigenvalue weighted by atomic mass is 32.1. The molecule has 0 spiro atoms. The fourth-order valence-corrected chi connectivity index (χ4v) is 4.00.